The van der Waals surface area contributed by atoms with E-state index in [9.17, 15) is 0 Å². The summed E-state index contributed by atoms with van der Waals surface area (Å²) in [5.74, 6) is 1.25. The number of likely N-dealkylation sites (tertiary alicyclic amines) is 1. The molecule has 0 spiro atoms. The molecule has 1 saturated carbocycles. The van der Waals surface area contributed by atoms with Crippen LogP contribution in [0.2, 0.25) is 0 Å². The van der Waals surface area contributed by atoms with Crippen molar-refractivity contribution in [1.29, 1.82) is 0 Å². The summed E-state index contributed by atoms with van der Waals surface area (Å²) in [6.45, 7) is 1.98. The topological polar surface area (TPSA) is 47.1 Å². The van der Waals surface area contributed by atoms with Crippen LogP contribution in [0.1, 0.15) is 49.0 Å². The molecule has 2 aromatic heterocycles. The van der Waals surface area contributed by atoms with Gasteiger partial charge in [-0.15, -0.1) is 0 Å². The van der Waals surface area contributed by atoms with Crippen molar-refractivity contribution in [3.05, 3.63) is 35.7 Å². The van der Waals surface area contributed by atoms with Crippen molar-refractivity contribution in [2.45, 2.75) is 43.8 Å². The Hall–Kier alpha value is -1.69. The molecule has 118 valence electrons. The van der Waals surface area contributed by atoms with Crippen LogP contribution in [0.4, 0.5) is 4.39 Å². The number of aryl methyl sites for hydroxylation is 1. The summed E-state index contributed by atoms with van der Waals surface area (Å²) in [5, 5.41) is 3.96. The largest absolute Gasteiger partial charge is 0.353 e. The summed E-state index contributed by atoms with van der Waals surface area (Å²) in [4.78, 5) is 6.47. The molecule has 2 fully saturated rings. The standard InChI is InChI=1S/C16H21FN4O/c1-20-8-2-4-13(20)10-21-9-3-7-16(17,11-21)15-18-14(19-22-15)12-5-6-12/h2,4,8,12H,3,5-7,9-11H2,1H3. The van der Waals surface area contributed by atoms with Crippen LogP contribution in [0.5, 0.6) is 0 Å². The average molecular weight is 304 g/mol. The molecule has 6 heteroatoms. The Bertz CT molecular complexity index is 663. The monoisotopic (exact) mass is 304 g/mol. The Morgan fingerprint density at radius 3 is 3.05 bits per heavy atom. The number of aromatic nitrogens is 3. The highest BCUT2D eigenvalue weighted by atomic mass is 19.1. The maximum absolute atomic E-state index is 15.3. The SMILES string of the molecule is Cn1cccc1CN1CCCC(F)(c2nc(C3CC3)no2)C1. The molecule has 2 aromatic rings. The van der Waals surface area contributed by atoms with Crippen LogP contribution in [-0.4, -0.2) is 32.7 Å². The van der Waals surface area contributed by atoms with Crippen molar-refractivity contribution in [3.8, 4) is 0 Å². The van der Waals surface area contributed by atoms with E-state index in [1.807, 2.05) is 19.3 Å². The fourth-order valence-electron chi connectivity index (χ4n) is 3.22. The minimum absolute atomic E-state index is 0.172. The van der Waals surface area contributed by atoms with Gasteiger partial charge in [0.1, 0.15) is 0 Å². The quantitative estimate of drug-likeness (QED) is 0.871. The second-order valence-electron chi connectivity index (χ2n) is 6.62. The molecule has 2 aliphatic rings. The van der Waals surface area contributed by atoms with Gasteiger partial charge in [0, 0.05) is 37.9 Å². The summed E-state index contributed by atoms with van der Waals surface area (Å²) < 4.78 is 22.7. The van der Waals surface area contributed by atoms with Crippen LogP contribution in [0.3, 0.4) is 0 Å². The smallest absolute Gasteiger partial charge is 0.265 e. The van der Waals surface area contributed by atoms with E-state index in [1.165, 1.54) is 5.69 Å². The van der Waals surface area contributed by atoms with E-state index in [0.29, 0.717) is 24.7 Å². The summed E-state index contributed by atoms with van der Waals surface area (Å²) in [7, 11) is 2.02. The van der Waals surface area contributed by atoms with E-state index < -0.39 is 5.67 Å². The van der Waals surface area contributed by atoms with Gasteiger partial charge >= 0.3 is 0 Å². The summed E-state index contributed by atoms with van der Waals surface area (Å²) in [6.07, 6.45) is 5.47. The van der Waals surface area contributed by atoms with Crippen LogP contribution in [-0.2, 0) is 19.3 Å². The number of halogens is 1. The van der Waals surface area contributed by atoms with Gasteiger partial charge in [-0.3, -0.25) is 4.90 Å². The Balaban J connectivity index is 1.49. The zero-order valence-corrected chi connectivity index (χ0v) is 12.8. The van der Waals surface area contributed by atoms with Crippen molar-refractivity contribution in [3.63, 3.8) is 0 Å². The average Bonchev–Trinajstić information content (AvgIpc) is 3.08. The molecule has 0 radical (unpaired) electrons. The molecule has 1 aliphatic carbocycles. The zero-order valence-electron chi connectivity index (χ0n) is 12.8. The number of piperidine rings is 1. The third-order valence-electron chi connectivity index (χ3n) is 4.73. The van der Waals surface area contributed by atoms with Crippen molar-refractivity contribution in [2.75, 3.05) is 13.1 Å². The van der Waals surface area contributed by atoms with Crippen LogP contribution in [0.25, 0.3) is 0 Å². The molecule has 1 saturated heterocycles. The van der Waals surface area contributed by atoms with Gasteiger partial charge < -0.3 is 9.09 Å². The fraction of sp³-hybridized carbons (Fsp3) is 0.625. The van der Waals surface area contributed by atoms with Gasteiger partial charge in [0.25, 0.3) is 5.89 Å². The van der Waals surface area contributed by atoms with Crippen molar-refractivity contribution in [1.82, 2.24) is 19.6 Å². The maximum Gasteiger partial charge on any atom is 0.265 e. The van der Waals surface area contributed by atoms with E-state index in [4.69, 9.17) is 4.52 Å². The number of hydrogen-bond donors (Lipinski definition) is 0. The number of alkyl halides is 1. The van der Waals surface area contributed by atoms with Gasteiger partial charge in [-0.2, -0.15) is 4.98 Å². The molecule has 0 aromatic carbocycles. The molecule has 0 bridgehead atoms. The fourth-order valence-corrected chi connectivity index (χ4v) is 3.22. The highest BCUT2D eigenvalue weighted by Crippen LogP contribution is 2.41. The lowest BCUT2D eigenvalue weighted by atomic mass is 9.94. The molecule has 3 heterocycles. The summed E-state index contributed by atoms with van der Waals surface area (Å²) in [5.41, 5.74) is -0.322. The van der Waals surface area contributed by atoms with Crippen molar-refractivity contribution >= 4 is 0 Å². The van der Waals surface area contributed by atoms with Crippen molar-refractivity contribution in [2.24, 2.45) is 7.05 Å². The molecule has 0 amide bonds. The van der Waals surface area contributed by atoms with Gasteiger partial charge in [-0.05, 0) is 44.4 Å². The Morgan fingerprint density at radius 1 is 1.45 bits per heavy atom. The molecule has 0 N–H and O–H groups in total. The Labute approximate surface area is 129 Å². The van der Waals surface area contributed by atoms with Crippen LogP contribution < -0.4 is 0 Å². The summed E-state index contributed by atoms with van der Waals surface area (Å²) >= 11 is 0. The first-order valence-electron chi connectivity index (χ1n) is 8.00. The second kappa shape index (κ2) is 5.19. The molecule has 1 aliphatic heterocycles. The van der Waals surface area contributed by atoms with E-state index in [1.54, 1.807) is 0 Å². The van der Waals surface area contributed by atoms with E-state index in [-0.39, 0.29) is 5.89 Å². The van der Waals surface area contributed by atoms with E-state index in [2.05, 4.69) is 25.7 Å². The lowest BCUT2D eigenvalue weighted by Crippen LogP contribution is -2.43. The third-order valence-corrected chi connectivity index (χ3v) is 4.73. The number of hydrogen-bond acceptors (Lipinski definition) is 4. The minimum Gasteiger partial charge on any atom is -0.353 e. The molecular formula is C16H21FN4O. The number of nitrogens with zero attached hydrogens (tertiary/aromatic N) is 4. The normalized spacial score (nSPS) is 26.5. The molecule has 4 rings (SSSR count). The van der Waals surface area contributed by atoms with Gasteiger partial charge in [0.05, 0.1) is 0 Å². The minimum atomic E-state index is -1.51. The second-order valence-corrected chi connectivity index (χ2v) is 6.62. The summed E-state index contributed by atoms with van der Waals surface area (Å²) in [6, 6.07) is 4.09. The highest BCUT2D eigenvalue weighted by Gasteiger charge is 2.43. The predicted molar refractivity (Wildman–Crippen MR) is 79.0 cm³/mol. The molecule has 1 atom stereocenters. The van der Waals surface area contributed by atoms with Crippen LogP contribution in [0.15, 0.2) is 22.9 Å². The highest BCUT2D eigenvalue weighted by molar-refractivity contribution is 5.10. The van der Waals surface area contributed by atoms with Gasteiger partial charge in [0.2, 0.25) is 5.67 Å². The predicted octanol–water partition coefficient (Wildman–Crippen LogP) is 2.75. The lowest BCUT2D eigenvalue weighted by molar-refractivity contribution is 0.0116. The molecule has 22 heavy (non-hydrogen) atoms. The lowest BCUT2D eigenvalue weighted by Gasteiger charge is -2.35. The molecule has 5 nitrogen and oxygen atoms in total. The van der Waals surface area contributed by atoms with Crippen LogP contribution in [0, 0.1) is 0 Å². The van der Waals surface area contributed by atoms with Gasteiger partial charge in [0.15, 0.2) is 5.82 Å². The van der Waals surface area contributed by atoms with Gasteiger partial charge in [-0.25, -0.2) is 4.39 Å². The Kier molecular flexibility index (Phi) is 3.29. The Morgan fingerprint density at radius 2 is 2.32 bits per heavy atom. The number of rotatable bonds is 4. The van der Waals surface area contributed by atoms with E-state index in [0.717, 1.165) is 32.4 Å². The van der Waals surface area contributed by atoms with Gasteiger partial charge in [-0.1, -0.05) is 5.16 Å². The molecular weight excluding hydrogens is 283 g/mol. The van der Waals surface area contributed by atoms with E-state index >= 15 is 4.39 Å². The first-order chi connectivity index (χ1) is 10.6. The van der Waals surface area contributed by atoms with Crippen molar-refractivity contribution < 1.29 is 8.91 Å². The molecule has 1 unspecified atom stereocenters. The first kappa shape index (κ1) is 13.9. The zero-order chi connectivity index (χ0) is 15.2. The third kappa shape index (κ3) is 2.56. The first-order valence-corrected chi connectivity index (χ1v) is 8.00. The van der Waals surface area contributed by atoms with Crippen LogP contribution >= 0.6 is 0 Å². The maximum atomic E-state index is 15.3.